The Morgan fingerprint density at radius 1 is 1.50 bits per heavy atom. The third kappa shape index (κ3) is 3.45. The molecule has 2 amide bonds. The maximum atomic E-state index is 12.1. The molecular formula is C12H22N4O4. The summed E-state index contributed by atoms with van der Waals surface area (Å²) in [6.45, 7) is 6.68. The molecule has 8 nitrogen and oxygen atoms in total. The van der Waals surface area contributed by atoms with Gasteiger partial charge < -0.3 is 9.64 Å². The van der Waals surface area contributed by atoms with Gasteiger partial charge in [-0.3, -0.25) is 20.3 Å². The molecule has 0 radical (unpaired) electrons. The smallest absolute Gasteiger partial charge is 0.344 e. The van der Waals surface area contributed by atoms with E-state index in [0.717, 1.165) is 0 Å². The average molecular weight is 286 g/mol. The minimum atomic E-state index is -1.25. The first kappa shape index (κ1) is 16.4. The second-order valence-corrected chi connectivity index (χ2v) is 6.07. The molecule has 1 fully saturated rings. The Kier molecular flexibility index (Phi) is 4.40. The van der Waals surface area contributed by atoms with E-state index in [4.69, 9.17) is 10.6 Å². The highest BCUT2D eigenvalue weighted by Crippen LogP contribution is 2.21. The fourth-order valence-corrected chi connectivity index (χ4v) is 1.90. The van der Waals surface area contributed by atoms with E-state index in [2.05, 4.69) is 5.32 Å². The lowest BCUT2D eigenvalue weighted by molar-refractivity contribution is -0.170. The number of amides is 2. The van der Waals surface area contributed by atoms with Gasteiger partial charge in [-0.2, -0.15) is 0 Å². The van der Waals surface area contributed by atoms with Crippen molar-refractivity contribution in [1.82, 2.24) is 15.6 Å². The van der Waals surface area contributed by atoms with Crippen LogP contribution >= 0.6 is 0 Å². The number of nitrogens with zero attached hydrogens (tertiary/aromatic N) is 1. The Labute approximate surface area is 118 Å². The van der Waals surface area contributed by atoms with E-state index in [0.29, 0.717) is 0 Å². The molecule has 4 N–H and O–H groups in total. The van der Waals surface area contributed by atoms with E-state index in [-0.39, 0.29) is 12.3 Å². The summed E-state index contributed by atoms with van der Waals surface area (Å²) in [5.41, 5.74) is 0.0561. The van der Waals surface area contributed by atoms with Crippen LogP contribution in [0, 0.1) is 0 Å². The molecule has 0 aromatic carbocycles. The molecule has 1 aliphatic heterocycles. The lowest BCUT2D eigenvalue weighted by atomic mass is 9.92. The van der Waals surface area contributed by atoms with Gasteiger partial charge >= 0.3 is 5.97 Å². The zero-order chi connectivity index (χ0) is 15.7. The lowest BCUT2D eigenvalue weighted by Gasteiger charge is -2.42. The van der Waals surface area contributed by atoms with Crippen molar-refractivity contribution in [2.24, 2.45) is 5.84 Å². The number of ether oxygens (including phenoxy) is 1. The molecule has 2 atom stereocenters. The van der Waals surface area contributed by atoms with Crippen LogP contribution in [0.4, 0.5) is 0 Å². The van der Waals surface area contributed by atoms with Crippen LogP contribution in [0.3, 0.4) is 0 Å². The fourth-order valence-electron chi connectivity index (χ4n) is 1.90. The number of nitrogens with one attached hydrogen (secondary N) is 2. The molecule has 1 heterocycles. The van der Waals surface area contributed by atoms with Crippen molar-refractivity contribution in [3.8, 4) is 0 Å². The predicted octanol–water partition coefficient (Wildman–Crippen LogP) is -1.15. The van der Waals surface area contributed by atoms with Gasteiger partial charge in [0.2, 0.25) is 5.91 Å². The minimum Gasteiger partial charge on any atom is -0.457 e. The van der Waals surface area contributed by atoms with Crippen molar-refractivity contribution in [2.75, 3.05) is 7.05 Å². The first-order valence-corrected chi connectivity index (χ1v) is 6.27. The van der Waals surface area contributed by atoms with Crippen LogP contribution in [0.5, 0.6) is 0 Å². The van der Waals surface area contributed by atoms with Gasteiger partial charge in [-0.05, 0) is 27.7 Å². The highest BCUT2D eigenvalue weighted by atomic mass is 16.6. The number of carbonyl (C=O) groups excluding carboxylic acids is 3. The molecule has 0 aromatic heterocycles. The number of hydrogen-bond donors (Lipinski definition) is 3. The third-order valence-electron chi connectivity index (χ3n) is 3.00. The maximum absolute atomic E-state index is 12.1. The molecule has 1 rings (SSSR count). The molecule has 0 aromatic rings. The molecule has 1 unspecified atom stereocenters. The van der Waals surface area contributed by atoms with Gasteiger partial charge in [-0.25, -0.2) is 10.6 Å². The number of esters is 1. The normalized spacial score (nSPS) is 27.2. The van der Waals surface area contributed by atoms with Crippen molar-refractivity contribution in [3.05, 3.63) is 0 Å². The molecule has 0 saturated carbocycles. The van der Waals surface area contributed by atoms with Crippen LogP contribution in [0.15, 0.2) is 0 Å². The largest absolute Gasteiger partial charge is 0.457 e. The topological polar surface area (TPSA) is 114 Å². The number of nitrogens with two attached hydrogens (primary N) is 1. The van der Waals surface area contributed by atoms with Gasteiger partial charge in [-0.1, -0.05) is 0 Å². The summed E-state index contributed by atoms with van der Waals surface area (Å²) in [6.07, 6.45) is -1.12. The van der Waals surface area contributed by atoms with Gasteiger partial charge in [0, 0.05) is 7.05 Å². The van der Waals surface area contributed by atoms with Crippen molar-refractivity contribution in [2.45, 2.75) is 51.4 Å². The highest BCUT2D eigenvalue weighted by Gasteiger charge is 2.47. The summed E-state index contributed by atoms with van der Waals surface area (Å²) in [5, 5.41) is 2.82. The summed E-state index contributed by atoms with van der Waals surface area (Å²) >= 11 is 0. The summed E-state index contributed by atoms with van der Waals surface area (Å²) in [6, 6.07) is 0. The number of hydrazine groups is 1. The molecule has 1 aliphatic rings. The number of hydrogen-bond acceptors (Lipinski definition) is 6. The van der Waals surface area contributed by atoms with Crippen LogP contribution in [0.2, 0.25) is 0 Å². The van der Waals surface area contributed by atoms with Gasteiger partial charge in [0.15, 0.2) is 6.17 Å². The van der Waals surface area contributed by atoms with Crippen molar-refractivity contribution < 1.29 is 19.1 Å². The van der Waals surface area contributed by atoms with Crippen LogP contribution in [-0.4, -0.2) is 47.0 Å². The van der Waals surface area contributed by atoms with E-state index in [1.165, 1.54) is 18.9 Å². The Hall–Kier alpha value is -1.67. The van der Waals surface area contributed by atoms with E-state index >= 15 is 0 Å². The van der Waals surface area contributed by atoms with Crippen molar-refractivity contribution in [1.29, 1.82) is 0 Å². The average Bonchev–Trinajstić information content (AvgIpc) is 2.30. The number of carbonyl (C=O) groups is 3. The first-order chi connectivity index (χ1) is 9.00. The Morgan fingerprint density at radius 3 is 2.50 bits per heavy atom. The van der Waals surface area contributed by atoms with Gasteiger partial charge in [0.05, 0.1) is 6.42 Å². The molecule has 1 saturated heterocycles. The summed E-state index contributed by atoms with van der Waals surface area (Å²) in [5.74, 6) is 3.59. The van der Waals surface area contributed by atoms with Crippen LogP contribution in [0.1, 0.15) is 34.1 Å². The Morgan fingerprint density at radius 2 is 2.05 bits per heavy atom. The maximum Gasteiger partial charge on any atom is 0.344 e. The monoisotopic (exact) mass is 286 g/mol. The van der Waals surface area contributed by atoms with Crippen molar-refractivity contribution in [3.63, 3.8) is 0 Å². The van der Waals surface area contributed by atoms with E-state index < -0.39 is 29.2 Å². The molecule has 0 bridgehead atoms. The van der Waals surface area contributed by atoms with Crippen LogP contribution in [0.25, 0.3) is 0 Å². The molecule has 0 aliphatic carbocycles. The summed E-state index contributed by atoms with van der Waals surface area (Å²) < 4.78 is 5.24. The second-order valence-electron chi connectivity index (χ2n) is 6.07. The molecule has 20 heavy (non-hydrogen) atoms. The highest BCUT2D eigenvalue weighted by molar-refractivity contribution is 5.95. The van der Waals surface area contributed by atoms with Crippen LogP contribution in [-0.2, 0) is 19.1 Å². The summed E-state index contributed by atoms with van der Waals surface area (Å²) in [7, 11) is 1.48. The quantitative estimate of drug-likeness (QED) is 0.256. The number of likely N-dealkylation sites (N-methyl/N-ethyl adjacent to an activating group) is 1. The van der Waals surface area contributed by atoms with E-state index in [9.17, 15) is 14.4 Å². The number of rotatable bonds is 2. The second kappa shape index (κ2) is 5.37. The van der Waals surface area contributed by atoms with Gasteiger partial charge in [-0.15, -0.1) is 0 Å². The van der Waals surface area contributed by atoms with Gasteiger partial charge in [0.25, 0.3) is 5.91 Å². The first-order valence-electron chi connectivity index (χ1n) is 6.27. The summed E-state index contributed by atoms with van der Waals surface area (Å²) in [4.78, 5) is 37.1. The molecular weight excluding hydrogens is 264 g/mol. The third-order valence-corrected chi connectivity index (χ3v) is 3.00. The lowest BCUT2D eigenvalue weighted by Crippen LogP contribution is -2.70. The standard InChI is InChI=1S/C12H22N4O4/c1-11(2,3)20-9(18)8-14-12(4,10(19)15-13)6-7(17)16(8)5/h8,14H,6,13H2,1-5H3,(H,15,19)/t8-,12?/m0/s1. The minimum absolute atomic E-state index is 0.0914. The van der Waals surface area contributed by atoms with Gasteiger partial charge in [0.1, 0.15) is 11.1 Å². The zero-order valence-electron chi connectivity index (χ0n) is 12.4. The van der Waals surface area contributed by atoms with E-state index in [1.54, 1.807) is 20.8 Å². The molecule has 0 spiro atoms. The molecule has 8 heteroatoms. The SMILES string of the molecule is CN1C(=O)CC(C)(C(=O)NN)N[C@@H]1C(=O)OC(C)(C)C. The van der Waals surface area contributed by atoms with Crippen LogP contribution < -0.4 is 16.6 Å². The van der Waals surface area contributed by atoms with E-state index in [1.807, 2.05) is 5.43 Å². The predicted molar refractivity (Wildman–Crippen MR) is 70.9 cm³/mol. The fraction of sp³-hybridized carbons (Fsp3) is 0.750. The molecule has 114 valence electrons. The Bertz CT molecular complexity index is 432. The van der Waals surface area contributed by atoms with Crippen molar-refractivity contribution >= 4 is 17.8 Å². The Balaban J connectivity index is 2.97. The zero-order valence-corrected chi connectivity index (χ0v) is 12.4.